The van der Waals surface area contributed by atoms with Crippen molar-refractivity contribution in [2.45, 2.75) is 46.2 Å². The Morgan fingerprint density at radius 1 is 0.917 bits per heavy atom. The Bertz CT molecular complexity index is 256. The second-order valence-electron chi connectivity index (χ2n) is 4.39. The molecule has 0 amide bonds. The van der Waals surface area contributed by atoms with Crippen molar-refractivity contribution >= 4 is 5.97 Å². The van der Waals surface area contributed by atoms with Crippen molar-refractivity contribution in [3.05, 3.63) is 0 Å². The van der Waals surface area contributed by atoms with Gasteiger partial charge >= 0.3 is 12.1 Å². The summed E-state index contributed by atoms with van der Waals surface area (Å²) in [5.74, 6) is -0.475. The number of halogens is 9. The van der Waals surface area contributed by atoms with Gasteiger partial charge in [-0.1, -0.05) is 6.92 Å². The predicted octanol–water partition coefficient (Wildman–Crippen LogP) is 5.96. The van der Waals surface area contributed by atoms with Gasteiger partial charge in [0.25, 0.3) is 0 Å². The molecule has 0 saturated heterocycles. The number of hydrogen-bond donors (Lipinski definition) is 0. The molecule has 0 radical (unpaired) electrons. The van der Waals surface area contributed by atoms with Crippen LogP contribution in [0.4, 0.5) is 39.5 Å². The van der Waals surface area contributed by atoms with Crippen LogP contribution in [0.5, 0.6) is 0 Å². The maximum atomic E-state index is 11.5. The van der Waals surface area contributed by atoms with Crippen LogP contribution < -0.4 is 0 Å². The minimum Gasteiger partial charge on any atom is -0.433 e. The SMILES string of the molecule is CCC(C)(C)C(=O)OCF.FCCCC(F)(F)F.FCF.FCF. The van der Waals surface area contributed by atoms with Crippen molar-refractivity contribution in [1.29, 1.82) is 0 Å². The zero-order valence-corrected chi connectivity index (χ0v) is 13.7. The first-order chi connectivity index (χ1) is 10.9. The summed E-state index contributed by atoms with van der Waals surface area (Å²) in [7, 11) is 0. The number of ether oxygens (including phenoxy) is 1. The Labute approximate surface area is 135 Å². The molecule has 0 saturated carbocycles. The van der Waals surface area contributed by atoms with Gasteiger partial charge in [-0.2, -0.15) is 13.2 Å². The molecule has 0 aliphatic heterocycles. The Balaban J connectivity index is -0.000000127. The maximum absolute atomic E-state index is 11.5. The van der Waals surface area contributed by atoms with E-state index in [4.69, 9.17) is 0 Å². The van der Waals surface area contributed by atoms with Crippen LogP contribution in [0.2, 0.25) is 0 Å². The van der Waals surface area contributed by atoms with Gasteiger partial charge in [0.05, 0.1) is 12.1 Å². The molecule has 0 unspecified atom stereocenters. The number of esters is 1. The Kier molecular flexibility index (Phi) is 25.4. The highest BCUT2D eigenvalue weighted by Crippen LogP contribution is 2.21. The number of carbonyl (C=O) groups excluding carboxylic acids is 1. The summed E-state index contributed by atoms with van der Waals surface area (Å²) >= 11 is 0. The van der Waals surface area contributed by atoms with Crippen LogP contribution in [-0.4, -0.2) is 39.5 Å². The molecule has 0 spiro atoms. The first kappa shape index (κ1) is 30.7. The summed E-state index contributed by atoms with van der Waals surface area (Å²) in [4.78, 5) is 10.8. The highest BCUT2D eigenvalue weighted by Gasteiger charge is 2.26. The van der Waals surface area contributed by atoms with E-state index in [1.807, 2.05) is 6.92 Å². The van der Waals surface area contributed by atoms with Crippen molar-refractivity contribution in [2.24, 2.45) is 5.41 Å². The number of alkyl halides is 9. The fourth-order valence-corrected chi connectivity index (χ4v) is 0.657. The van der Waals surface area contributed by atoms with E-state index in [9.17, 15) is 44.3 Å². The van der Waals surface area contributed by atoms with Gasteiger partial charge in [-0.25, -0.2) is 22.0 Å². The van der Waals surface area contributed by atoms with Crippen LogP contribution in [0.1, 0.15) is 40.0 Å². The standard InChI is InChI=1S/C7H13FO2.C4H6F4.2CH2F2/c1-4-7(2,3)6(9)10-5-8;5-3-1-2-4(6,7)8;2*2-1-3/h4-5H2,1-3H3;1-3H2;2*1H2. The smallest absolute Gasteiger partial charge is 0.389 e. The van der Waals surface area contributed by atoms with Crippen LogP contribution in [0.3, 0.4) is 0 Å². The van der Waals surface area contributed by atoms with Gasteiger partial charge in [0, 0.05) is 6.42 Å². The predicted molar refractivity (Wildman–Crippen MR) is 71.6 cm³/mol. The van der Waals surface area contributed by atoms with E-state index in [1.165, 1.54) is 0 Å². The molecule has 0 fully saturated rings. The number of carbonyl (C=O) groups is 1. The molecule has 0 aliphatic carbocycles. The summed E-state index contributed by atoms with van der Waals surface area (Å²) in [5.41, 5.74) is -0.550. The summed E-state index contributed by atoms with van der Waals surface area (Å²) in [6.45, 7) is -0.0999. The second-order valence-corrected chi connectivity index (χ2v) is 4.39. The van der Waals surface area contributed by atoms with E-state index >= 15 is 0 Å². The number of hydrogen-bond acceptors (Lipinski definition) is 2. The molecule has 0 bridgehead atoms. The van der Waals surface area contributed by atoms with Crippen molar-refractivity contribution in [3.63, 3.8) is 0 Å². The van der Waals surface area contributed by atoms with Gasteiger partial charge in [0.1, 0.15) is 0 Å². The summed E-state index contributed by atoms with van der Waals surface area (Å²) < 4.78 is 98.4. The van der Waals surface area contributed by atoms with Crippen molar-refractivity contribution in [1.82, 2.24) is 0 Å². The van der Waals surface area contributed by atoms with Gasteiger partial charge in [0.15, 0.2) is 0 Å². The fraction of sp³-hybridized carbons (Fsp3) is 0.923. The quantitative estimate of drug-likeness (QED) is 0.433. The third-order valence-corrected chi connectivity index (χ3v) is 2.22. The first-order valence-electron chi connectivity index (χ1n) is 6.53. The normalized spacial score (nSPS) is 10.2. The van der Waals surface area contributed by atoms with E-state index in [0.717, 1.165) is 0 Å². The molecule has 0 heterocycles. The van der Waals surface area contributed by atoms with Gasteiger partial charge in [-0.15, -0.1) is 0 Å². The Morgan fingerprint density at radius 3 is 1.46 bits per heavy atom. The molecule has 2 nitrogen and oxygen atoms in total. The minimum atomic E-state index is -4.19. The molecule has 0 N–H and O–H groups in total. The molecule has 0 aromatic heterocycles. The molecule has 0 aromatic rings. The monoisotopic (exact) mass is 382 g/mol. The van der Waals surface area contributed by atoms with Crippen molar-refractivity contribution < 1.29 is 49.0 Å². The van der Waals surface area contributed by atoms with Crippen molar-refractivity contribution in [3.8, 4) is 0 Å². The molecular formula is C13H23F9O2. The van der Waals surface area contributed by atoms with Gasteiger partial charge in [-0.05, 0) is 26.7 Å². The van der Waals surface area contributed by atoms with Crippen LogP contribution in [0, 0.1) is 5.41 Å². The number of rotatable bonds is 5. The van der Waals surface area contributed by atoms with Crippen LogP contribution in [0.25, 0.3) is 0 Å². The van der Waals surface area contributed by atoms with Crippen LogP contribution in [-0.2, 0) is 9.53 Å². The van der Waals surface area contributed by atoms with Crippen LogP contribution in [0.15, 0.2) is 0 Å². The lowest BCUT2D eigenvalue weighted by Crippen LogP contribution is -2.25. The highest BCUT2D eigenvalue weighted by atomic mass is 19.4. The summed E-state index contributed by atoms with van der Waals surface area (Å²) in [5, 5.41) is 0. The van der Waals surface area contributed by atoms with E-state index < -0.39 is 57.8 Å². The molecule has 0 rings (SSSR count). The average molecular weight is 382 g/mol. The molecule has 0 atom stereocenters. The maximum Gasteiger partial charge on any atom is 0.389 e. The van der Waals surface area contributed by atoms with E-state index in [0.29, 0.717) is 6.42 Å². The van der Waals surface area contributed by atoms with E-state index in [-0.39, 0.29) is 0 Å². The first-order valence-corrected chi connectivity index (χ1v) is 6.53. The lowest BCUT2D eigenvalue weighted by molar-refractivity contribution is -0.158. The average Bonchev–Trinajstić information content (AvgIpc) is 2.47. The molecule has 24 heavy (non-hydrogen) atoms. The topological polar surface area (TPSA) is 26.3 Å². The van der Waals surface area contributed by atoms with Gasteiger partial charge < -0.3 is 4.74 Å². The third-order valence-electron chi connectivity index (χ3n) is 2.22. The zero-order valence-electron chi connectivity index (χ0n) is 13.7. The molecule has 150 valence electrons. The zero-order chi connectivity index (χ0) is 20.2. The molecular weight excluding hydrogens is 359 g/mol. The summed E-state index contributed by atoms with van der Waals surface area (Å²) in [6, 6.07) is 0. The van der Waals surface area contributed by atoms with E-state index in [1.54, 1.807) is 13.8 Å². The van der Waals surface area contributed by atoms with E-state index in [2.05, 4.69) is 4.74 Å². The summed E-state index contributed by atoms with van der Waals surface area (Å²) in [6.07, 6.45) is -4.95. The van der Waals surface area contributed by atoms with Gasteiger partial charge in [0.2, 0.25) is 20.7 Å². The van der Waals surface area contributed by atoms with Crippen LogP contribution >= 0.6 is 0 Å². The third kappa shape index (κ3) is 32.7. The molecule has 11 heteroatoms. The van der Waals surface area contributed by atoms with Crippen molar-refractivity contribution in [2.75, 3.05) is 27.4 Å². The largest absolute Gasteiger partial charge is 0.433 e. The highest BCUT2D eigenvalue weighted by molar-refractivity contribution is 5.75. The second kappa shape index (κ2) is 19.9. The molecule has 0 aliphatic rings. The molecule has 0 aromatic carbocycles. The lowest BCUT2D eigenvalue weighted by atomic mass is 9.91. The lowest BCUT2D eigenvalue weighted by Gasteiger charge is -2.18. The Morgan fingerprint density at radius 2 is 1.29 bits per heavy atom. The van der Waals surface area contributed by atoms with Gasteiger partial charge in [-0.3, -0.25) is 9.18 Å². The Hall–Kier alpha value is -1.16. The fourth-order valence-electron chi connectivity index (χ4n) is 0.657. The minimum absolute atomic E-state index is 0.413.